The lowest BCUT2D eigenvalue weighted by molar-refractivity contribution is 0.0381. The van der Waals surface area contributed by atoms with Gasteiger partial charge in [-0.25, -0.2) is 0 Å². The van der Waals surface area contributed by atoms with Crippen molar-refractivity contribution in [1.29, 1.82) is 0 Å². The van der Waals surface area contributed by atoms with Crippen LogP contribution in [0.5, 0.6) is 0 Å². The molecule has 2 aromatic carbocycles. The van der Waals surface area contributed by atoms with Crippen molar-refractivity contribution in [3.05, 3.63) is 71.8 Å². The number of aryl methyl sites for hydroxylation is 1. The zero-order valence-electron chi connectivity index (χ0n) is 13.0. The Labute approximate surface area is 128 Å². The van der Waals surface area contributed by atoms with Gasteiger partial charge in [-0.05, 0) is 38.1 Å². The molecule has 112 valence electrons. The second-order valence-electron chi connectivity index (χ2n) is 5.60. The van der Waals surface area contributed by atoms with E-state index in [2.05, 4.69) is 79.7 Å². The SMILES string of the molecule is CN(C)CCOC(CCc1ccccc1)c1ccccc1. The van der Waals surface area contributed by atoms with Gasteiger partial charge in [-0.15, -0.1) is 0 Å². The minimum absolute atomic E-state index is 0.173. The van der Waals surface area contributed by atoms with Crippen LogP contribution in [-0.2, 0) is 11.2 Å². The van der Waals surface area contributed by atoms with Gasteiger partial charge in [-0.2, -0.15) is 0 Å². The van der Waals surface area contributed by atoms with E-state index in [0.717, 1.165) is 26.0 Å². The molecule has 0 aliphatic carbocycles. The Hall–Kier alpha value is -1.64. The van der Waals surface area contributed by atoms with Crippen molar-refractivity contribution in [3.8, 4) is 0 Å². The molecule has 0 heterocycles. The van der Waals surface area contributed by atoms with Gasteiger partial charge in [0.2, 0.25) is 0 Å². The number of rotatable bonds is 8. The third kappa shape index (κ3) is 5.70. The highest BCUT2D eigenvalue weighted by Gasteiger charge is 2.12. The lowest BCUT2D eigenvalue weighted by Crippen LogP contribution is -2.19. The lowest BCUT2D eigenvalue weighted by Gasteiger charge is -2.20. The van der Waals surface area contributed by atoms with Crippen LogP contribution in [0.25, 0.3) is 0 Å². The third-order valence-corrected chi connectivity index (χ3v) is 3.57. The quantitative estimate of drug-likeness (QED) is 0.727. The van der Waals surface area contributed by atoms with Gasteiger partial charge in [0.25, 0.3) is 0 Å². The van der Waals surface area contributed by atoms with Gasteiger partial charge in [0.15, 0.2) is 0 Å². The molecule has 0 aliphatic rings. The fourth-order valence-corrected chi connectivity index (χ4v) is 2.33. The fraction of sp³-hybridized carbons (Fsp3) is 0.368. The topological polar surface area (TPSA) is 12.5 Å². The first-order valence-corrected chi connectivity index (χ1v) is 7.61. The number of nitrogens with zero attached hydrogens (tertiary/aromatic N) is 1. The highest BCUT2D eigenvalue weighted by molar-refractivity contribution is 5.19. The zero-order chi connectivity index (χ0) is 14.9. The molecular formula is C19H25NO. The molecule has 2 nitrogen and oxygen atoms in total. The average molecular weight is 283 g/mol. The number of benzene rings is 2. The normalized spacial score (nSPS) is 12.5. The summed E-state index contributed by atoms with van der Waals surface area (Å²) in [5.74, 6) is 0. The van der Waals surface area contributed by atoms with Gasteiger partial charge in [-0.1, -0.05) is 60.7 Å². The van der Waals surface area contributed by atoms with Gasteiger partial charge >= 0.3 is 0 Å². The Balaban J connectivity index is 1.95. The summed E-state index contributed by atoms with van der Waals surface area (Å²) < 4.78 is 6.12. The molecule has 0 bridgehead atoms. The van der Waals surface area contributed by atoms with Crippen LogP contribution in [-0.4, -0.2) is 32.1 Å². The van der Waals surface area contributed by atoms with Crippen molar-refractivity contribution in [2.24, 2.45) is 0 Å². The Morgan fingerprint density at radius 3 is 2.14 bits per heavy atom. The van der Waals surface area contributed by atoms with Crippen LogP contribution in [0.1, 0.15) is 23.7 Å². The van der Waals surface area contributed by atoms with Crippen LogP contribution in [0.15, 0.2) is 60.7 Å². The zero-order valence-corrected chi connectivity index (χ0v) is 13.0. The van der Waals surface area contributed by atoms with Crippen LogP contribution in [0, 0.1) is 0 Å². The van der Waals surface area contributed by atoms with Crippen molar-refractivity contribution in [2.45, 2.75) is 18.9 Å². The molecule has 0 saturated carbocycles. The molecule has 0 aromatic heterocycles. The molecule has 1 atom stereocenters. The molecule has 2 heteroatoms. The van der Waals surface area contributed by atoms with Crippen molar-refractivity contribution in [2.75, 3.05) is 27.2 Å². The van der Waals surface area contributed by atoms with Crippen molar-refractivity contribution in [1.82, 2.24) is 4.90 Å². The maximum absolute atomic E-state index is 6.12. The van der Waals surface area contributed by atoms with Crippen molar-refractivity contribution < 1.29 is 4.74 Å². The predicted octanol–water partition coefficient (Wildman–Crippen LogP) is 3.94. The molecule has 0 radical (unpaired) electrons. The van der Waals surface area contributed by atoms with E-state index >= 15 is 0 Å². The predicted molar refractivity (Wildman–Crippen MR) is 88.5 cm³/mol. The minimum Gasteiger partial charge on any atom is -0.372 e. The smallest absolute Gasteiger partial charge is 0.0828 e. The number of ether oxygens (including phenoxy) is 1. The molecule has 0 saturated heterocycles. The van der Waals surface area contributed by atoms with Crippen LogP contribution in [0.2, 0.25) is 0 Å². The average Bonchev–Trinajstić information content (AvgIpc) is 2.52. The summed E-state index contributed by atoms with van der Waals surface area (Å²) in [6, 6.07) is 21.2. The second kappa shape index (κ2) is 8.60. The first-order chi connectivity index (χ1) is 10.3. The van der Waals surface area contributed by atoms with Gasteiger partial charge in [0, 0.05) is 6.54 Å². The number of hydrogen-bond donors (Lipinski definition) is 0. The number of hydrogen-bond acceptors (Lipinski definition) is 2. The van der Waals surface area contributed by atoms with Crippen LogP contribution in [0.3, 0.4) is 0 Å². The van der Waals surface area contributed by atoms with Crippen molar-refractivity contribution in [3.63, 3.8) is 0 Å². The molecule has 2 rings (SSSR count). The first kappa shape index (κ1) is 15.7. The van der Waals surface area contributed by atoms with E-state index in [0.29, 0.717) is 0 Å². The Morgan fingerprint density at radius 2 is 1.52 bits per heavy atom. The van der Waals surface area contributed by atoms with Gasteiger partial charge in [0.1, 0.15) is 0 Å². The Kier molecular flexibility index (Phi) is 6.45. The van der Waals surface area contributed by atoms with Crippen molar-refractivity contribution >= 4 is 0 Å². The van der Waals surface area contributed by atoms with Crippen LogP contribution < -0.4 is 0 Å². The monoisotopic (exact) mass is 283 g/mol. The second-order valence-corrected chi connectivity index (χ2v) is 5.60. The molecule has 0 N–H and O–H groups in total. The van der Waals surface area contributed by atoms with E-state index in [9.17, 15) is 0 Å². The molecule has 0 spiro atoms. The van der Waals surface area contributed by atoms with Gasteiger partial charge < -0.3 is 9.64 Å². The van der Waals surface area contributed by atoms with E-state index < -0.39 is 0 Å². The Bertz CT molecular complexity index is 495. The summed E-state index contributed by atoms with van der Waals surface area (Å²) in [6.07, 6.45) is 2.23. The van der Waals surface area contributed by atoms with E-state index in [-0.39, 0.29) is 6.10 Å². The van der Waals surface area contributed by atoms with Crippen LogP contribution >= 0.6 is 0 Å². The molecule has 2 aromatic rings. The lowest BCUT2D eigenvalue weighted by atomic mass is 10.0. The van der Waals surface area contributed by atoms with E-state index in [1.165, 1.54) is 11.1 Å². The fourth-order valence-electron chi connectivity index (χ4n) is 2.33. The van der Waals surface area contributed by atoms with E-state index in [4.69, 9.17) is 4.74 Å². The van der Waals surface area contributed by atoms with Gasteiger partial charge in [0.05, 0.1) is 12.7 Å². The summed E-state index contributed by atoms with van der Waals surface area (Å²) in [5.41, 5.74) is 2.64. The summed E-state index contributed by atoms with van der Waals surface area (Å²) in [4.78, 5) is 2.15. The standard InChI is InChI=1S/C19H25NO/c1-20(2)15-16-21-19(18-11-7-4-8-12-18)14-13-17-9-5-3-6-10-17/h3-12,19H,13-16H2,1-2H3. The van der Waals surface area contributed by atoms with Gasteiger partial charge in [-0.3, -0.25) is 0 Å². The highest BCUT2D eigenvalue weighted by atomic mass is 16.5. The molecule has 21 heavy (non-hydrogen) atoms. The maximum Gasteiger partial charge on any atom is 0.0828 e. The highest BCUT2D eigenvalue weighted by Crippen LogP contribution is 2.23. The number of likely N-dealkylation sites (N-methyl/N-ethyl adjacent to an activating group) is 1. The summed E-state index contributed by atoms with van der Waals surface area (Å²) in [6.45, 7) is 1.72. The first-order valence-electron chi connectivity index (χ1n) is 7.61. The maximum atomic E-state index is 6.12. The third-order valence-electron chi connectivity index (χ3n) is 3.57. The summed E-state index contributed by atoms with van der Waals surface area (Å²) in [7, 11) is 4.15. The molecule has 1 unspecified atom stereocenters. The molecule has 0 amide bonds. The van der Waals surface area contributed by atoms with Crippen LogP contribution in [0.4, 0.5) is 0 Å². The molecule has 0 aliphatic heterocycles. The molecule has 0 fully saturated rings. The summed E-state index contributed by atoms with van der Waals surface area (Å²) >= 11 is 0. The van der Waals surface area contributed by atoms with E-state index in [1.54, 1.807) is 0 Å². The summed E-state index contributed by atoms with van der Waals surface area (Å²) in [5, 5.41) is 0. The largest absolute Gasteiger partial charge is 0.372 e. The van der Waals surface area contributed by atoms with E-state index in [1.807, 2.05) is 0 Å². The molecular weight excluding hydrogens is 258 g/mol. The Morgan fingerprint density at radius 1 is 0.905 bits per heavy atom. The minimum atomic E-state index is 0.173.